The van der Waals surface area contributed by atoms with E-state index in [0.29, 0.717) is 32.1 Å². The molecule has 0 aromatic heterocycles. The van der Waals surface area contributed by atoms with Crippen molar-refractivity contribution >= 4 is 13.6 Å². The van der Waals surface area contributed by atoms with Crippen LogP contribution in [-0.2, 0) is 9.36 Å². The average molecular weight is 279 g/mol. The maximum absolute atomic E-state index is 11.2. The smallest absolute Gasteiger partial charge is 0.325 e. The summed E-state index contributed by atoms with van der Waals surface area (Å²) in [5.74, 6) is -1.10. The van der Waals surface area contributed by atoms with Gasteiger partial charge in [-0.15, -0.1) is 0 Å². The Bertz CT molecular complexity index is 347. The van der Waals surface area contributed by atoms with E-state index in [1.807, 2.05) is 0 Å². The lowest BCUT2D eigenvalue weighted by atomic mass is 9.71. The Balaban J connectivity index is 2.58. The Hall–Kier alpha value is -0.420. The molecule has 1 atom stereocenters. The zero-order valence-corrected chi connectivity index (χ0v) is 11.5. The molecule has 18 heavy (non-hydrogen) atoms. The van der Waals surface area contributed by atoms with Gasteiger partial charge in [-0.2, -0.15) is 0 Å². The molecule has 7 heteroatoms. The molecule has 0 spiro atoms. The number of aliphatic carboxylic acids is 1. The summed E-state index contributed by atoms with van der Waals surface area (Å²) < 4.78 is 10.9. The number of nitrogens with two attached hydrogens (primary N) is 1. The van der Waals surface area contributed by atoms with Crippen LogP contribution in [0.5, 0.6) is 0 Å². The van der Waals surface area contributed by atoms with Crippen molar-refractivity contribution in [1.82, 2.24) is 0 Å². The Morgan fingerprint density at radius 2 is 1.83 bits per heavy atom. The molecule has 0 aliphatic heterocycles. The van der Waals surface area contributed by atoms with E-state index in [0.717, 1.165) is 0 Å². The molecule has 1 saturated carbocycles. The highest BCUT2D eigenvalue weighted by atomic mass is 31.2. The first-order valence-electron chi connectivity index (χ1n) is 6.26. The van der Waals surface area contributed by atoms with Crippen LogP contribution in [-0.4, -0.2) is 32.6 Å². The first-order chi connectivity index (χ1) is 8.19. The van der Waals surface area contributed by atoms with Gasteiger partial charge in [-0.1, -0.05) is 6.92 Å². The highest BCUT2D eigenvalue weighted by Gasteiger charge is 2.42. The van der Waals surface area contributed by atoms with E-state index < -0.39 is 19.1 Å². The molecule has 0 bridgehead atoms. The maximum Gasteiger partial charge on any atom is 0.325 e. The predicted molar refractivity (Wildman–Crippen MR) is 67.2 cm³/mol. The highest BCUT2D eigenvalue weighted by molar-refractivity contribution is 7.51. The second kappa shape index (κ2) is 5.70. The second-order valence-corrected chi connectivity index (χ2v) is 6.96. The van der Waals surface area contributed by atoms with E-state index in [4.69, 9.17) is 15.5 Å². The van der Waals surface area contributed by atoms with Crippen molar-refractivity contribution in [2.24, 2.45) is 17.6 Å². The molecule has 0 amide bonds. The summed E-state index contributed by atoms with van der Waals surface area (Å²) in [6.07, 6.45) is 2.80. The lowest BCUT2D eigenvalue weighted by molar-refractivity contribution is -0.146. The van der Waals surface area contributed by atoms with Crippen LogP contribution in [0.15, 0.2) is 0 Å². The fraction of sp³-hybridized carbons (Fsp3) is 0.909. The van der Waals surface area contributed by atoms with Gasteiger partial charge in [0.15, 0.2) is 0 Å². The second-order valence-electron chi connectivity index (χ2n) is 5.26. The van der Waals surface area contributed by atoms with Crippen molar-refractivity contribution in [3.05, 3.63) is 0 Å². The maximum atomic E-state index is 11.2. The molecule has 0 aromatic rings. The Kier molecular flexibility index (Phi) is 4.95. The van der Waals surface area contributed by atoms with Gasteiger partial charge < -0.3 is 20.6 Å². The van der Waals surface area contributed by atoms with Crippen LogP contribution in [0.3, 0.4) is 0 Å². The van der Waals surface area contributed by atoms with Gasteiger partial charge in [0.25, 0.3) is 0 Å². The Morgan fingerprint density at radius 3 is 2.17 bits per heavy atom. The summed E-state index contributed by atoms with van der Waals surface area (Å²) in [4.78, 5) is 29.1. The van der Waals surface area contributed by atoms with Gasteiger partial charge in [-0.25, -0.2) is 0 Å². The van der Waals surface area contributed by atoms with Crippen LogP contribution in [0.1, 0.15) is 39.0 Å². The van der Waals surface area contributed by atoms with E-state index in [1.165, 1.54) is 0 Å². The third-order valence-electron chi connectivity index (χ3n) is 4.05. The van der Waals surface area contributed by atoms with Crippen LogP contribution < -0.4 is 5.73 Å². The van der Waals surface area contributed by atoms with Crippen molar-refractivity contribution in [3.63, 3.8) is 0 Å². The molecular weight excluding hydrogens is 257 g/mol. The molecule has 1 fully saturated rings. The first-order valence-corrected chi connectivity index (χ1v) is 8.05. The standard InChI is InChI=1S/C11H22NO5P/c1-2-11(12,10(13)14)9-5-3-8(4-6-9)7-18(15,16)17/h8-9H,2-7,12H2,1H3,(H,13,14)(H2,15,16,17). The van der Waals surface area contributed by atoms with Crippen molar-refractivity contribution in [3.8, 4) is 0 Å². The SMILES string of the molecule is CCC(N)(C(=O)O)C1CCC(CP(=O)(O)O)CC1. The molecular formula is C11H22NO5P. The number of rotatable bonds is 5. The molecule has 0 heterocycles. The monoisotopic (exact) mass is 279 g/mol. The molecule has 6 nitrogen and oxygen atoms in total. The van der Waals surface area contributed by atoms with Gasteiger partial charge in [0.1, 0.15) is 5.54 Å². The van der Waals surface area contributed by atoms with E-state index >= 15 is 0 Å². The molecule has 0 radical (unpaired) electrons. The number of carboxylic acid groups (broad SMARTS) is 1. The minimum Gasteiger partial charge on any atom is -0.480 e. The van der Waals surface area contributed by atoms with Crippen molar-refractivity contribution < 1.29 is 24.3 Å². The van der Waals surface area contributed by atoms with Gasteiger partial charge in [0, 0.05) is 0 Å². The van der Waals surface area contributed by atoms with Gasteiger partial charge in [-0.3, -0.25) is 9.36 Å². The molecule has 106 valence electrons. The molecule has 1 aliphatic carbocycles. The summed E-state index contributed by atoms with van der Waals surface area (Å²) in [5, 5.41) is 9.19. The summed E-state index contributed by atoms with van der Waals surface area (Å²) in [5.41, 5.74) is 4.73. The van der Waals surface area contributed by atoms with Crippen molar-refractivity contribution in [2.45, 2.75) is 44.6 Å². The minimum absolute atomic E-state index is 0.0167. The third kappa shape index (κ3) is 3.79. The third-order valence-corrected chi connectivity index (χ3v) is 5.05. The summed E-state index contributed by atoms with van der Waals surface area (Å²) in [6.45, 7) is 1.76. The van der Waals surface area contributed by atoms with E-state index in [2.05, 4.69) is 0 Å². The quantitative estimate of drug-likeness (QED) is 0.560. The van der Waals surface area contributed by atoms with Crippen LogP contribution in [0.4, 0.5) is 0 Å². The van der Waals surface area contributed by atoms with Crippen LogP contribution in [0.2, 0.25) is 0 Å². The molecule has 5 N–H and O–H groups in total. The summed E-state index contributed by atoms with van der Waals surface area (Å²) in [6, 6.07) is 0. The van der Waals surface area contributed by atoms with Crippen LogP contribution in [0.25, 0.3) is 0 Å². The molecule has 1 aliphatic rings. The fourth-order valence-electron chi connectivity index (χ4n) is 2.81. The van der Waals surface area contributed by atoms with E-state index in [1.54, 1.807) is 6.92 Å². The van der Waals surface area contributed by atoms with Crippen molar-refractivity contribution in [2.75, 3.05) is 6.16 Å². The largest absolute Gasteiger partial charge is 0.480 e. The summed E-state index contributed by atoms with van der Waals surface area (Å²) in [7, 11) is -3.97. The normalized spacial score (nSPS) is 28.7. The van der Waals surface area contributed by atoms with Crippen LogP contribution in [0, 0.1) is 11.8 Å². The van der Waals surface area contributed by atoms with E-state index in [-0.39, 0.29) is 18.0 Å². The minimum atomic E-state index is -3.97. The van der Waals surface area contributed by atoms with Crippen molar-refractivity contribution in [1.29, 1.82) is 0 Å². The van der Waals surface area contributed by atoms with E-state index in [9.17, 15) is 14.5 Å². The molecule has 0 aromatic carbocycles. The number of carbonyl (C=O) groups is 1. The Morgan fingerprint density at radius 1 is 1.33 bits per heavy atom. The number of hydrogen-bond donors (Lipinski definition) is 4. The average Bonchev–Trinajstić information content (AvgIpc) is 2.26. The zero-order valence-electron chi connectivity index (χ0n) is 10.6. The van der Waals surface area contributed by atoms with Gasteiger partial charge >= 0.3 is 13.6 Å². The zero-order chi connectivity index (χ0) is 14.0. The summed E-state index contributed by atoms with van der Waals surface area (Å²) >= 11 is 0. The Labute approximate surface area is 107 Å². The topological polar surface area (TPSA) is 121 Å². The van der Waals surface area contributed by atoms with Gasteiger partial charge in [0.2, 0.25) is 0 Å². The lowest BCUT2D eigenvalue weighted by Gasteiger charge is -2.38. The lowest BCUT2D eigenvalue weighted by Crippen LogP contribution is -2.54. The van der Waals surface area contributed by atoms with Gasteiger partial charge in [0.05, 0.1) is 6.16 Å². The van der Waals surface area contributed by atoms with Crippen LogP contribution >= 0.6 is 7.60 Å². The molecule has 0 saturated heterocycles. The molecule has 1 rings (SSSR count). The number of hydrogen-bond acceptors (Lipinski definition) is 3. The predicted octanol–water partition coefficient (Wildman–Crippen LogP) is 1.16. The number of carboxylic acids is 1. The molecule has 1 unspecified atom stereocenters. The fourth-order valence-corrected chi connectivity index (χ4v) is 3.85. The van der Waals surface area contributed by atoms with Gasteiger partial charge in [-0.05, 0) is 43.9 Å². The highest BCUT2D eigenvalue weighted by Crippen LogP contribution is 2.44. The first kappa shape index (κ1) is 15.6.